The quantitative estimate of drug-likeness (QED) is 0.439. The molecule has 0 saturated heterocycles. The lowest BCUT2D eigenvalue weighted by Gasteiger charge is -2.18. The zero-order valence-corrected chi connectivity index (χ0v) is 16.7. The molecular weight excluding hydrogens is 366 g/mol. The second kappa shape index (κ2) is 9.06. The average Bonchev–Trinajstić information content (AvgIpc) is 2.77. The Labute approximate surface area is 170 Å². The van der Waals surface area contributed by atoms with Gasteiger partial charge in [-0.1, -0.05) is 30.3 Å². The zero-order chi connectivity index (χ0) is 20.8. The minimum Gasteiger partial charge on any atom is -0.497 e. The zero-order valence-electron chi connectivity index (χ0n) is 16.7. The summed E-state index contributed by atoms with van der Waals surface area (Å²) in [6.45, 7) is 0. The number of ether oxygens (including phenoxy) is 2. The molecule has 0 spiro atoms. The van der Waals surface area contributed by atoms with Crippen LogP contribution in [-0.2, 0) is 4.74 Å². The van der Waals surface area contributed by atoms with Crippen LogP contribution in [0.25, 0.3) is 0 Å². The fourth-order valence-electron chi connectivity index (χ4n) is 2.88. The van der Waals surface area contributed by atoms with Gasteiger partial charge in [0.25, 0.3) is 0 Å². The van der Waals surface area contributed by atoms with Crippen molar-refractivity contribution in [2.75, 3.05) is 26.1 Å². The molecule has 5 nitrogen and oxygen atoms in total. The number of hydrogen-bond donors (Lipinski definition) is 0. The molecule has 3 rings (SSSR count). The highest BCUT2D eigenvalue weighted by molar-refractivity contribution is 6.02. The van der Waals surface area contributed by atoms with Gasteiger partial charge in [-0.25, -0.2) is 4.79 Å². The van der Waals surface area contributed by atoms with Crippen LogP contribution in [0.1, 0.15) is 32.4 Å². The molecule has 0 heterocycles. The molecular formula is C24H23NO4. The number of rotatable bonds is 7. The van der Waals surface area contributed by atoms with Crippen LogP contribution in [0.2, 0.25) is 0 Å². The maximum atomic E-state index is 13.1. The Kier molecular flexibility index (Phi) is 6.29. The number of Topliss-reactive ketones (excluding diaryl/α,β-unsaturated/α-hetero) is 1. The summed E-state index contributed by atoms with van der Waals surface area (Å²) in [6, 6.07) is 22.8. The van der Waals surface area contributed by atoms with E-state index in [1.807, 2.05) is 49.3 Å². The molecule has 29 heavy (non-hydrogen) atoms. The summed E-state index contributed by atoms with van der Waals surface area (Å²) in [4.78, 5) is 27.8. The van der Waals surface area contributed by atoms with Crippen molar-refractivity contribution in [1.82, 2.24) is 0 Å². The molecule has 0 radical (unpaired) electrons. The van der Waals surface area contributed by atoms with E-state index in [1.165, 1.54) is 0 Å². The third-order valence-electron chi connectivity index (χ3n) is 4.56. The van der Waals surface area contributed by atoms with Gasteiger partial charge in [0.2, 0.25) is 5.78 Å². The molecule has 3 aromatic rings. The molecule has 148 valence electrons. The van der Waals surface area contributed by atoms with Crippen LogP contribution in [0.4, 0.5) is 5.69 Å². The highest BCUT2D eigenvalue weighted by atomic mass is 16.5. The van der Waals surface area contributed by atoms with E-state index < -0.39 is 12.1 Å². The van der Waals surface area contributed by atoms with E-state index in [0.717, 1.165) is 5.69 Å². The van der Waals surface area contributed by atoms with Gasteiger partial charge in [0.1, 0.15) is 5.75 Å². The average molecular weight is 389 g/mol. The Bertz CT molecular complexity index is 964. The van der Waals surface area contributed by atoms with Crippen molar-refractivity contribution in [1.29, 1.82) is 0 Å². The molecule has 1 atom stereocenters. The van der Waals surface area contributed by atoms with Gasteiger partial charge in [0, 0.05) is 30.9 Å². The van der Waals surface area contributed by atoms with Gasteiger partial charge < -0.3 is 14.4 Å². The van der Waals surface area contributed by atoms with Gasteiger partial charge in [-0.3, -0.25) is 4.79 Å². The van der Waals surface area contributed by atoms with Gasteiger partial charge in [0.15, 0.2) is 6.10 Å². The summed E-state index contributed by atoms with van der Waals surface area (Å²) in [7, 11) is 5.41. The summed E-state index contributed by atoms with van der Waals surface area (Å²) >= 11 is 0. The van der Waals surface area contributed by atoms with Crippen molar-refractivity contribution in [2.45, 2.75) is 6.10 Å². The summed E-state index contributed by atoms with van der Waals surface area (Å²) < 4.78 is 10.8. The minimum absolute atomic E-state index is 0.294. The number of carbonyl (C=O) groups is 2. The Balaban J connectivity index is 1.87. The van der Waals surface area contributed by atoms with Gasteiger partial charge in [-0.05, 0) is 48.5 Å². The SMILES string of the molecule is COc1ccc(C(=O)[C@@H](OC(=O)c2ccc(N(C)C)cc2)c2ccccc2)cc1. The van der Waals surface area contributed by atoms with Crippen LogP contribution in [0.15, 0.2) is 78.9 Å². The molecule has 0 aromatic heterocycles. The molecule has 0 aliphatic heterocycles. The maximum absolute atomic E-state index is 13.1. The largest absolute Gasteiger partial charge is 0.497 e. The smallest absolute Gasteiger partial charge is 0.339 e. The maximum Gasteiger partial charge on any atom is 0.339 e. The monoisotopic (exact) mass is 389 g/mol. The first-order valence-corrected chi connectivity index (χ1v) is 9.21. The van der Waals surface area contributed by atoms with E-state index in [2.05, 4.69) is 0 Å². The molecule has 0 aliphatic rings. The number of nitrogens with zero attached hydrogens (tertiary/aromatic N) is 1. The van der Waals surface area contributed by atoms with Gasteiger partial charge >= 0.3 is 5.97 Å². The Hall–Kier alpha value is -3.60. The molecule has 0 bridgehead atoms. The Morgan fingerprint density at radius 2 is 1.38 bits per heavy atom. The third-order valence-corrected chi connectivity index (χ3v) is 4.56. The molecule has 0 N–H and O–H groups in total. The van der Waals surface area contributed by atoms with E-state index >= 15 is 0 Å². The van der Waals surface area contributed by atoms with E-state index in [1.54, 1.807) is 55.6 Å². The van der Waals surface area contributed by atoms with E-state index in [-0.39, 0.29) is 5.78 Å². The summed E-state index contributed by atoms with van der Waals surface area (Å²) in [5.74, 6) is -0.195. The minimum atomic E-state index is -1.04. The number of carbonyl (C=O) groups excluding carboxylic acids is 2. The summed E-state index contributed by atoms with van der Waals surface area (Å²) in [6.07, 6.45) is -1.04. The Morgan fingerprint density at radius 1 is 0.793 bits per heavy atom. The van der Waals surface area contributed by atoms with Crippen LogP contribution in [0, 0.1) is 0 Å². The number of hydrogen-bond acceptors (Lipinski definition) is 5. The van der Waals surface area contributed by atoms with Crippen LogP contribution < -0.4 is 9.64 Å². The predicted molar refractivity (Wildman–Crippen MR) is 113 cm³/mol. The van der Waals surface area contributed by atoms with Gasteiger partial charge in [-0.2, -0.15) is 0 Å². The fraction of sp³-hybridized carbons (Fsp3) is 0.167. The predicted octanol–water partition coefficient (Wildman–Crippen LogP) is 4.54. The molecule has 3 aromatic carbocycles. The van der Waals surface area contributed by atoms with Gasteiger partial charge in [0.05, 0.1) is 12.7 Å². The van der Waals surface area contributed by atoms with Crippen molar-refractivity contribution in [2.24, 2.45) is 0 Å². The first-order chi connectivity index (χ1) is 14.0. The topological polar surface area (TPSA) is 55.8 Å². The van der Waals surface area contributed by atoms with Crippen molar-refractivity contribution in [3.8, 4) is 5.75 Å². The van der Waals surface area contributed by atoms with Crippen LogP contribution >= 0.6 is 0 Å². The second-order valence-electron chi connectivity index (χ2n) is 6.73. The molecule has 0 aliphatic carbocycles. The standard InChI is InChI=1S/C24H23NO4/c1-25(2)20-13-9-19(10-14-20)24(27)29-23(18-7-5-4-6-8-18)22(26)17-11-15-21(28-3)16-12-17/h4-16,23H,1-3H3/t23-/m0/s1. The van der Waals surface area contributed by atoms with E-state index in [9.17, 15) is 9.59 Å². The molecule has 0 unspecified atom stereocenters. The van der Waals surface area contributed by atoms with Crippen molar-refractivity contribution >= 4 is 17.4 Å². The Morgan fingerprint density at radius 3 is 1.93 bits per heavy atom. The van der Waals surface area contributed by atoms with Crippen LogP contribution in [0.5, 0.6) is 5.75 Å². The number of methoxy groups -OCH3 is 1. The van der Waals surface area contributed by atoms with E-state index in [0.29, 0.717) is 22.4 Å². The lowest BCUT2D eigenvalue weighted by molar-refractivity contribution is 0.0280. The lowest BCUT2D eigenvalue weighted by Crippen LogP contribution is -2.20. The van der Waals surface area contributed by atoms with Crippen LogP contribution in [0.3, 0.4) is 0 Å². The second-order valence-corrected chi connectivity index (χ2v) is 6.73. The number of anilines is 1. The first kappa shape index (κ1) is 20.1. The summed E-state index contributed by atoms with van der Waals surface area (Å²) in [5, 5.41) is 0. The molecule has 0 saturated carbocycles. The van der Waals surface area contributed by atoms with Crippen LogP contribution in [-0.4, -0.2) is 33.0 Å². The lowest BCUT2D eigenvalue weighted by atomic mass is 9.99. The highest BCUT2D eigenvalue weighted by Gasteiger charge is 2.26. The van der Waals surface area contributed by atoms with Crippen molar-refractivity contribution in [3.63, 3.8) is 0 Å². The summed E-state index contributed by atoms with van der Waals surface area (Å²) in [5.41, 5.74) is 2.41. The number of ketones is 1. The third kappa shape index (κ3) is 4.82. The van der Waals surface area contributed by atoms with Gasteiger partial charge in [-0.15, -0.1) is 0 Å². The van der Waals surface area contributed by atoms with Crippen molar-refractivity contribution in [3.05, 3.63) is 95.6 Å². The molecule has 0 amide bonds. The van der Waals surface area contributed by atoms with Crippen molar-refractivity contribution < 1.29 is 19.1 Å². The highest BCUT2D eigenvalue weighted by Crippen LogP contribution is 2.25. The van der Waals surface area contributed by atoms with E-state index in [4.69, 9.17) is 9.47 Å². The normalized spacial score (nSPS) is 11.4. The first-order valence-electron chi connectivity index (χ1n) is 9.21. The fourth-order valence-corrected chi connectivity index (χ4v) is 2.88. The molecule has 0 fully saturated rings. The number of esters is 1. The number of benzene rings is 3. The molecule has 5 heteroatoms.